The number of methoxy groups -OCH3 is 1. The molecule has 45 heavy (non-hydrogen) atoms. The number of carbonyl (C=O) groups is 1. The highest BCUT2D eigenvalue weighted by Gasteiger charge is 2.25. The van der Waals surface area contributed by atoms with Crippen LogP contribution in [0.25, 0.3) is 28.1 Å². The van der Waals surface area contributed by atoms with Crippen molar-refractivity contribution in [2.24, 2.45) is 5.92 Å². The number of benzene rings is 1. The lowest BCUT2D eigenvalue weighted by atomic mass is 9.96. The van der Waals surface area contributed by atoms with Crippen molar-refractivity contribution in [1.82, 2.24) is 34.3 Å². The Balaban J connectivity index is 1.46. The molecule has 0 unspecified atom stereocenters. The summed E-state index contributed by atoms with van der Waals surface area (Å²) < 4.78 is 10.2. The van der Waals surface area contributed by atoms with Gasteiger partial charge in [0.05, 0.1) is 59.4 Å². The van der Waals surface area contributed by atoms with Gasteiger partial charge in [-0.3, -0.25) is 19.3 Å². The van der Waals surface area contributed by atoms with Crippen molar-refractivity contribution in [2.45, 2.75) is 38.8 Å². The van der Waals surface area contributed by atoms with E-state index in [4.69, 9.17) is 44.5 Å². The molecule has 0 radical (unpaired) electrons. The smallest absolute Gasteiger partial charge is 0.251 e. The van der Waals surface area contributed by atoms with Gasteiger partial charge in [0.2, 0.25) is 5.91 Å². The van der Waals surface area contributed by atoms with Crippen LogP contribution >= 0.6 is 34.8 Å². The molecule has 0 saturated carbocycles. The number of halogens is 3. The molecule has 232 valence electrons. The van der Waals surface area contributed by atoms with E-state index in [-0.39, 0.29) is 22.5 Å². The number of hydrogen-bond acceptors (Lipinski definition) is 7. The first-order valence-electron chi connectivity index (χ1n) is 14.3. The van der Waals surface area contributed by atoms with E-state index < -0.39 is 6.04 Å². The molecule has 4 aromatic heterocycles. The largest absolute Gasteiger partial charge is 0.383 e. The second kappa shape index (κ2) is 13.1. The Bertz CT molecular complexity index is 1940. The number of amides is 1. The van der Waals surface area contributed by atoms with Gasteiger partial charge in [-0.15, -0.1) is 5.10 Å². The number of rotatable bonds is 6. The van der Waals surface area contributed by atoms with Crippen LogP contribution < -0.4 is 10.9 Å². The van der Waals surface area contributed by atoms with E-state index in [1.165, 1.54) is 10.7 Å². The average molecular weight is 668 g/mol. The molecule has 5 heterocycles. The van der Waals surface area contributed by atoms with E-state index >= 15 is 0 Å². The van der Waals surface area contributed by atoms with Gasteiger partial charge < -0.3 is 14.6 Å². The number of carbonyl (C=O) groups excluding carboxylic acids is 1. The number of pyridine rings is 2. The number of aromatic nitrogens is 7. The summed E-state index contributed by atoms with van der Waals surface area (Å²) in [5.74, 6) is -0.356. The van der Waals surface area contributed by atoms with E-state index in [1.54, 1.807) is 59.3 Å². The van der Waals surface area contributed by atoms with E-state index in [9.17, 15) is 9.59 Å². The van der Waals surface area contributed by atoms with Crippen molar-refractivity contribution in [2.75, 3.05) is 19.0 Å². The molecule has 0 spiro atoms. The maximum absolute atomic E-state index is 13.9. The predicted octanol–water partition coefficient (Wildman–Crippen LogP) is 6.31. The Morgan fingerprint density at radius 3 is 2.67 bits per heavy atom. The summed E-state index contributed by atoms with van der Waals surface area (Å²) in [6.07, 6.45) is 8.38. The molecule has 6 rings (SSSR count). The van der Waals surface area contributed by atoms with Crippen molar-refractivity contribution >= 4 is 46.4 Å². The second-order valence-corrected chi connectivity index (χ2v) is 12.1. The first kappa shape index (κ1) is 31.0. The lowest BCUT2D eigenvalue weighted by Crippen LogP contribution is -2.27. The Labute approximate surface area is 273 Å². The topological polar surface area (TPSA) is 122 Å². The van der Waals surface area contributed by atoms with Crippen molar-refractivity contribution in [3.63, 3.8) is 0 Å². The molecule has 0 aliphatic carbocycles. The van der Waals surface area contributed by atoms with Gasteiger partial charge in [0, 0.05) is 53.2 Å². The third kappa shape index (κ3) is 6.39. The number of hydrogen-bond donors (Lipinski definition) is 1. The van der Waals surface area contributed by atoms with Crippen molar-refractivity contribution in [3.8, 4) is 28.1 Å². The van der Waals surface area contributed by atoms with Crippen LogP contribution in [-0.4, -0.2) is 53.9 Å². The highest BCUT2D eigenvalue weighted by Crippen LogP contribution is 2.36. The quantitative estimate of drug-likeness (QED) is 0.225. The molecule has 2 atom stereocenters. The minimum absolute atomic E-state index is 0.0931. The average Bonchev–Trinajstić information content (AvgIpc) is 3.64. The van der Waals surface area contributed by atoms with Gasteiger partial charge in [0.25, 0.3) is 5.56 Å². The van der Waals surface area contributed by atoms with E-state index in [0.717, 1.165) is 11.3 Å². The summed E-state index contributed by atoms with van der Waals surface area (Å²) in [6, 6.07) is 10.0. The van der Waals surface area contributed by atoms with E-state index in [0.29, 0.717) is 70.7 Å². The zero-order valence-electron chi connectivity index (χ0n) is 24.5. The van der Waals surface area contributed by atoms with Crippen molar-refractivity contribution in [3.05, 3.63) is 92.4 Å². The third-order valence-corrected chi connectivity index (χ3v) is 8.60. The molecule has 11 nitrogen and oxygen atoms in total. The minimum Gasteiger partial charge on any atom is -0.383 e. The SMILES string of the molecule is COCCn1ncc2c1-c1ccnc(c1)[C@@H](n1cc(Cl)c(-c3cc(Cl)ccc3-n3cc(Cl)nn3)cc1=O)CCC[C@@H](C)C(=O)N2. The molecular formula is C31H29Cl3N8O3. The van der Waals surface area contributed by atoms with Crippen LogP contribution in [0.1, 0.15) is 37.9 Å². The Kier molecular flexibility index (Phi) is 9.04. The van der Waals surface area contributed by atoms with Crippen LogP contribution in [0.5, 0.6) is 0 Å². The summed E-state index contributed by atoms with van der Waals surface area (Å²) in [7, 11) is 1.63. The Hall–Kier alpha value is -4.03. The highest BCUT2D eigenvalue weighted by molar-refractivity contribution is 6.34. The number of nitrogens with one attached hydrogen (secondary N) is 1. The van der Waals surface area contributed by atoms with Gasteiger partial charge >= 0.3 is 0 Å². The van der Waals surface area contributed by atoms with Gasteiger partial charge in [0.1, 0.15) is 0 Å². The molecule has 1 amide bonds. The number of anilines is 1. The van der Waals surface area contributed by atoms with Gasteiger partial charge in [-0.05, 0) is 43.2 Å². The fourth-order valence-electron chi connectivity index (χ4n) is 5.60. The van der Waals surface area contributed by atoms with Crippen LogP contribution in [0, 0.1) is 5.92 Å². The minimum atomic E-state index is -0.453. The first-order valence-corrected chi connectivity index (χ1v) is 15.5. The van der Waals surface area contributed by atoms with Crippen LogP contribution in [0.2, 0.25) is 15.2 Å². The zero-order chi connectivity index (χ0) is 31.7. The standard InChI is InChI=1S/C31H29Cl3N8O3/c1-18-4-3-5-27(24-12-19(8-9-35-24)30-25(37-31(18)44)15-36-41(30)10-11-45-2)40-16-23(33)21(14-29(40)43)22-13-20(32)6-7-26(22)42-17-28(34)38-39-42/h6-9,12-18,27H,3-5,10-11H2,1-2H3,(H,37,44)/t18-,27+/m1/s1. The molecule has 0 fully saturated rings. The van der Waals surface area contributed by atoms with Crippen LogP contribution in [0.3, 0.4) is 0 Å². The van der Waals surface area contributed by atoms with E-state index in [1.807, 2.05) is 19.1 Å². The Morgan fingerprint density at radius 2 is 1.89 bits per heavy atom. The maximum Gasteiger partial charge on any atom is 0.251 e. The molecule has 5 aromatic rings. The summed E-state index contributed by atoms with van der Waals surface area (Å²) >= 11 is 19.3. The van der Waals surface area contributed by atoms with E-state index in [2.05, 4.69) is 20.7 Å². The molecule has 1 aromatic carbocycles. The van der Waals surface area contributed by atoms with Crippen LogP contribution in [-0.2, 0) is 16.1 Å². The van der Waals surface area contributed by atoms with Crippen LogP contribution in [0.15, 0.2) is 66.0 Å². The zero-order valence-corrected chi connectivity index (χ0v) is 26.7. The number of ether oxygens (including phenoxy) is 1. The Morgan fingerprint density at radius 1 is 1.04 bits per heavy atom. The van der Waals surface area contributed by atoms with Gasteiger partial charge in [-0.1, -0.05) is 53.4 Å². The van der Waals surface area contributed by atoms with Crippen LogP contribution in [0.4, 0.5) is 5.69 Å². The predicted molar refractivity (Wildman–Crippen MR) is 173 cm³/mol. The van der Waals surface area contributed by atoms with Crippen molar-refractivity contribution in [1.29, 1.82) is 0 Å². The fourth-order valence-corrected chi connectivity index (χ4v) is 6.16. The number of nitrogens with zero attached hydrogens (tertiary/aromatic N) is 7. The highest BCUT2D eigenvalue weighted by atomic mass is 35.5. The normalized spacial score (nSPS) is 16.9. The summed E-state index contributed by atoms with van der Waals surface area (Å²) in [5, 5.41) is 16.5. The van der Waals surface area contributed by atoms with Gasteiger partial charge in [-0.25, -0.2) is 4.68 Å². The second-order valence-electron chi connectivity index (χ2n) is 10.9. The van der Waals surface area contributed by atoms with Crippen molar-refractivity contribution < 1.29 is 9.53 Å². The number of fused-ring (bicyclic) bond motifs is 4. The third-order valence-electron chi connectivity index (χ3n) is 7.89. The summed E-state index contributed by atoms with van der Waals surface area (Å²) in [4.78, 5) is 31.8. The summed E-state index contributed by atoms with van der Waals surface area (Å²) in [5.41, 5.74) is 4.22. The molecule has 2 bridgehead atoms. The summed E-state index contributed by atoms with van der Waals surface area (Å²) in [6.45, 7) is 2.82. The molecular weight excluding hydrogens is 639 g/mol. The lowest BCUT2D eigenvalue weighted by molar-refractivity contribution is -0.119. The molecule has 1 aliphatic heterocycles. The molecule has 1 aliphatic rings. The lowest BCUT2D eigenvalue weighted by Gasteiger charge is -2.23. The molecule has 14 heteroatoms. The molecule has 1 N–H and O–H groups in total. The monoisotopic (exact) mass is 666 g/mol. The van der Waals surface area contributed by atoms with Gasteiger partial charge in [0.15, 0.2) is 5.15 Å². The van der Waals surface area contributed by atoms with Gasteiger partial charge in [-0.2, -0.15) is 5.10 Å². The fraction of sp³-hybridized carbons (Fsp3) is 0.290. The first-order chi connectivity index (χ1) is 21.7. The maximum atomic E-state index is 13.9. The molecule has 0 saturated heterocycles.